The van der Waals surface area contributed by atoms with E-state index in [-0.39, 0.29) is 11.5 Å². The maximum atomic E-state index is 14.8. The lowest BCUT2D eigenvalue weighted by molar-refractivity contribution is -0.0229. The maximum Gasteiger partial charge on any atom is 0.410 e. The Kier molecular flexibility index (Phi) is 8.68. The van der Waals surface area contributed by atoms with Crippen LogP contribution in [0.25, 0.3) is 10.9 Å². The number of rotatable bonds is 7. The van der Waals surface area contributed by atoms with Gasteiger partial charge in [-0.2, -0.15) is 11.8 Å². The van der Waals surface area contributed by atoms with Gasteiger partial charge in [0, 0.05) is 49.7 Å². The van der Waals surface area contributed by atoms with E-state index in [0.29, 0.717) is 59.7 Å². The molecule has 3 aliphatic rings. The van der Waals surface area contributed by atoms with Crippen LogP contribution in [0.2, 0.25) is 0 Å². The monoisotopic (exact) mass is 562 g/mol. The number of hydrogen-bond donors (Lipinski definition) is 1. The molecule has 2 aromatic rings. The summed E-state index contributed by atoms with van der Waals surface area (Å²) in [7, 11) is 0. The number of nitrogens with zero attached hydrogens (tertiary/aromatic N) is 3. The number of piperidine rings is 1. The Morgan fingerprint density at radius 2 is 1.90 bits per heavy atom. The Labute approximate surface area is 232 Å². The highest BCUT2D eigenvalue weighted by atomic mass is 32.2. The molecular formula is C28H39FN4O5S. The van der Waals surface area contributed by atoms with Gasteiger partial charge in [0.25, 0.3) is 5.56 Å². The Morgan fingerprint density at radius 3 is 2.59 bits per heavy atom. The van der Waals surface area contributed by atoms with Crippen molar-refractivity contribution in [2.75, 3.05) is 46.0 Å². The van der Waals surface area contributed by atoms with E-state index in [1.54, 1.807) is 22.7 Å². The quantitative estimate of drug-likeness (QED) is 0.537. The average molecular weight is 563 g/mol. The van der Waals surface area contributed by atoms with E-state index in [0.717, 1.165) is 52.0 Å². The van der Waals surface area contributed by atoms with Gasteiger partial charge in [-0.25, -0.2) is 14.2 Å². The van der Waals surface area contributed by atoms with Crippen molar-refractivity contribution >= 4 is 28.8 Å². The van der Waals surface area contributed by atoms with Gasteiger partial charge < -0.3 is 24.1 Å². The molecule has 1 aromatic carbocycles. The van der Waals surface area contributed by atoms with E-state index < -0.39 is 17.0 Å². The lowest BCUT2D eigenvalue weighted by Gasteiger charge is -2.47. The van der Waals surface area contributed by atoms with Gasteiger partial charge in [-0.05, 0) is 65.5 Å². The summed E-state index contributed by atoms with van der Waals surface area (Å²) < 4.78 is 31.7. The molecule has 3 fully saturated rings. The van der Waals surface area contributed by atoms with Crippen molar-refractivity contribution in [3.8, 4) is 5.75 Å². The Hall–Kier alpha value is -2.37. The number of ether oxygens (including phenoxy) is 3. The first kappa shape index (κ1) is 28.2. The van der Waals surface area contributed by atoms with Crippen LogP contribution in [0.15, 0.2) is 16.9 Å². The zero-order valence-corrected chi connectivity index (χ0v) is 23.9. The molecule has 9 nitrogen and oxygen atoms in total. The van der Waals surface area contributed by atoms with Gasteiger partial charge in [0.2, 0.25) is 0 Å². The minimum atomic E-state index is -0.616. The van der Waals surface area contributed by atoms with Crippen LogP contribution >= 0.6 is 11.8 Å². The first-order valence-electron chi connectivity index (χ1n) is 13.9. The predicted molar refractivity (Wildman–Crippen MR) is 149 cm³/mol. The number of amides is 1. The number of fused-ring (bicyclic) bond motifs is 1. The number of carbonyl (C=O) groups is 1. The highest BCUT2D eigenvalue weighted by molar-refractivity contribution is 7.99. The summed E-state index contributed by atoms with van der Waals surface area (Å²) in [6, 6.07) is 3.33. The molecule has 3 saturated heterocycles. The summed E-state index contributed by atoms with van der Waals surface area (Å²) >= 11 is 1.75. The lowest BCUT2D eigenvalue weighted by atomic mass is 9.95. The molecule has 5 rings (SSSR count). The highest BCUT2D eigenvalue weighted by Gasteiger charge is 2.38. The summed E-state index contributed by atoms with van der Waals surface area (Å²) in [5.74, 6) is 1.26. The third kappa shape index (κ3) is 7.24. The first-order chi connectivity index (χ1) is 18.6. The van der Waals surface area contributed by atoms with Crippen LogP contribution in [-0.4, -0.2) is 88.8 Å². The van der Waals surface area contributed by atoms with Crippen LogP contribution < -0.4 is 10.3 Å². The van der Waals surface area contributed by atoms with Crippen molar-refractivity contribution in [3.05, 3.63) is 34.1 Å². The third-order valence-corrected chi connectivity index (χ3v) is 8.96. The number of benzene rings is 1. The van der Waals surface area contributed by atoms with Crippen LogP contribution in [-0.2, 0) is 15.2 Å². The van der Waals surface area contributed by atoms with Gasteiger partial charge in [-0.15, -0.1) is 0 Å². The zero-order chi connectivity index (χ0) is 27.6. The lowest BCUT2D eigenvalue weighted by Crippen LogP contribution is -2.62. The van der Waals surface area contributed by atoms with Crippen molar-refractivity contribution in [1.29, 1.82) is 0 Å². The van der Waals surface area contributed by atoms with Crippen molar-refractivity contribution in [1.82, 2.24) is 19.8 Å². The predicted octanol–water partition coefficient (Wildman–Crippen LogP) is 4.18. The molecule has 11 heteroatoms. The number of carbonyl (C=O) groups excluding carboxylic acids is 1. The summed E-state index contributed by atoms with van der Waals surface area (Å²) in [6.45, 7) is 10.9. The van der Waals surface area contributed by atoms with Gasteiger partial charge in [-0.1, -0.05) is 0 Å². The molecular weight excluding hydrogens is 523 g/mol. The van der Waals surface area contributed by atoms with E-state index >= 15 is 0 Å². The van der Waals surface area contributed by atoms with Crippen molar-refractivity contribution in [2.24, 2.45) is 5.92 Å². The minimum absolute atomic E-state index is 0.0311. The van der Waals surface area contributed by atoms with E-state index in [1.165, 1.54) is 6.07 Å². The number of aromatic nitrogens is 2. The number of hydrogen-bond acceptors (Lipinski definition) is 8. The summed E-state index contributed by atoms with van der Waals surface area (Å²) in [4.78, 5) is 36.3. The normalized spacial score (nSPS) is 20.3. The van der Waals surface area contributed by atoms with Crippen molar-refractivity contribution in [3.63, 3.8) is 0 Å². The molecule has 3 aliphatic heterocycles. The second-order valence-corrected chi connectivity index (χ2v) is 13.1. The standard InChI is InChI=1S/C28H39FN4O5S/c1-28(2,3)38-27(35)33-14-19(15-33)32-8-4-18(5-9-32)16-37-20-12-22(29)25-23(13-20)30-24(31-26(25)34)17-39-21-6-10-36-11-7-21/h12-13,18-19,21H,4-11,14-17H2,1-3H3,(H,30,31,34). The molecule has 39 heavy (non-hydrogen) atoms. The number of halogens is 1. The van der Waals surface area contributed by atoms with Crippen LogP contribution in [0.4, 0.5) is 9.18 Å². The largest absolute Gasteiger partial charge is 0.493 e. The van der Waals surface area contributed by atoms with Gasteiger partial charge in [-0.3, -0.25) is 9.69 Å². The third-order valence-electron chi connectivity index (χ3n) is 7.57. The fraction of sp³-hybridized carbons (Fsp3) is 0.679. The Bertz CT molecular complexity index is 1210. The molecule has 1 amide bonds. The molecule has 1 N–H and O–H groups in total. The molecule has 0 radical (unpaired) electrons. The van der Waals surface area contributed by atoms with Crippen LogP contribution in [0, 0.1) is 11.7 Å². The summed E-state index contributed by atoms with van der Waals surface area (Å²) in [6.07, 6.45) is 3.68. The second-order valence-electron chi connectivity index (χ2n) is 11.8. The van der Waals surface area contributed by atoms with E-state index in [4.69, 9.17) is 14.2 Å². The molecule has 0 aliphatic carbocycles. The number of aromatic amines is 1. The van der Waals surface area contributed by atoms with Crippen molar-refractivity contribution < 1.29 is 23.4 Å². The molecule has 0 spiro atoms. The number of thioether (sulfide) groups is 1. The van der Waals surface area contributed by atoms with Crippen LogP contribution in [0.1, 0.15) is 52.3 Å². The first-order valence-corrected chi connectivity index (χ1v) is 15.0. The molecule has 0 bridgehead atoms. The molecule has 0 saturated carbocycles. The fourth-order valence-electron chi connectivity index (χ4n) is 5.30. The van der Waals surface area contributed by atoms with Crippen molar-refractivity contribution in [2.45, 2.75) is 69.1 Å². The van der Waals surface area contributed by atoms with Gasteiger partial charge >= 0.3 is 6.09 Å². The maximum absolute atomic E-state index is 14.8. The Morgan fingerprint density at radius 1 is 1.18 bits per heavy atom. The summed E-state index contributed by atoms with van der Waals surface area (Å²) in [5.41, 5.74) is -0.613. The molecule has 214 valence electrons. The van der Waals surface area contributed by atoms with Gasteiger partial charge in [0.1, 0.15) is 28.4 Å². The molecule has 1 aromatic heterocycles. The van der Waals surface area contributed by atoms with Gasteiger partial charge in [0.05, 0.1) is 17.9 Å². The molecule has 4 heterocycles. The molecule has 0 atom stereocenters. The minimum Gasteiger partial charge on any atom is -0.493 e. The van der Waals surface area contributed by atoms with Crippen LogP contribution in [0.5, 0.6) is 5.75 Å². The van der Waals surface area contributed by atoms with E-state index in [1.807, 2.05) is 20.8 Å². The highest BCUT2D eigenvalue weighted by Crippen LogP contribution is 2.28. The Balaban J connectivity index is 1.11. The SMILES string of the molecule is CC(C)(C)OC(=O)N1CC(N2CCC(COc3cc(F)c4c(=O)[nH]c(CSC5CCOCC5)nc4c3)CC2)C1. The number of likely N-dealkylation sites (tertiary alicyclic amines) is 2. The molecule has 0 unspecified atom stereocenters. The van der Waals surface area contributed by atoms with E-state index in [9.17, 15) is 14.0 Å². The number of H-pyrrole nitrogens is 1. The van der Waals surface area contributed by atoms with E-state index in [2.05, 4.69) is 14.9 Å². The zero-order valence-electron chi connectivity index (χ0n) is 23.0. The van der Waals surface area contributed by atoms with Gasteiger partial charge in [0.15, 0.2) is 0 Å². The average Bonchev–Trinajstić information content (AvgIpc) is 2.85. The fourth-order valence-corrected chi connectivity index (χ4v) is 6.36. The number of nitrogens with one attached hydrogen (secondary N) is 1. The topological polar surface area (TPSA) is 97.0 Å². The summed E-state index contributed by atoms with van der Waals surface area (Å²) in [5, 5.41) is 0.446. The van der Waals surface area contributed by atoms with Crippen LogP contribution in [0.3, 0.4) is 0 Å². The smallest absolute Gasteiger partial charge is 0.410 e. The second kappa shape index (κ2) is 12.0.